The van der Waals surface area contributed by atoms with E-state index in [1.807, 2.05) is 37.3 Å². The molecule has 136 valence electrons. The van der Waals surface area contributed by atoms with Gasteiger partial charge in [0.15, 0.2) is 0 Å². The number of terminal acetylenes is 1. The lowest BCUT2D eigenvalue weighted by Crippen LogP contribution is -2.39. The van der Waals surface area contributed by atoms with Crippen molar-refractivity contribution in [1.29, 1.82) is 0 Å². The summed E-state index contributed by atoms with van der Waals surface area (Å²) < 4.78 is 11.4. The molecular weight excluding hydrogens is 314 g/mol. The lowest BCUT2D eigenvalue weighted by atomic mass is 9.82. The van der Waals surface area contributed by atoms with Crippen molar-refractivity contribution in [1.82, 2.24) is 5.32 Å². The molecular formula is C21H29NO3. The average molecular weight is 343 g/mol. The molecule has 2 rings (SSSR count). The van der Waals surface area contributed by atoms with Crippen LogP contribution < -0.4 is 10.1 Å². The minimum atomic E-state index is -0.430. The van der Waals surface area contributed by atoms with Gasteiger partial charge in [-0.15, -0.1) is 12.3 Å². The zero-order valence-electron chi connectivity index (χ0n) is 15.1. The molecule has 1 unspecified atom stereocenters. The van der Waals surface area contributed by atoms with Crippen LogP contribution in [0.3, 0.4) is 0 Å². The first-order valence-corrected chi connectivity index (χ1v) is 9.20. The summed E-state index contributed by atoms with van der Waals surface area (Å²) in [5.74, 6) is 3.37. The van der Waals surface area contributed by atoms with Crippen LogP contribution >= 0.6 is 0 Å². The third-order valence-electron chi connectivity index (χ3n) is 4.60. The van der Waals surface area contributed by atoms with E-state index in [-0.39, 0.29) is 12.0 Å². The van der Waals surface area contributed by atoms with Gasteiger partial charge in [0.2, 0.25) is 0 Å². The standard InChI is InChI=1S/C21H29NO3/c1-3-12-21(13-8-5-9-14-21)25-20(23)17-18(2)22-15-16-24-19-10-6-4-7-11-19/h1,4,6-7,10-11,18,22H,5,8-9,12-17H2,2H3. The van der Waals surface area contributed by atoms with E-state index < -0.39 is 5.60 Å². The average Bonchev–Trinajstić information content (AvgIpc) is 2.60. The Morgan fingerprint density at radius 1 is 1.28 bits per heavy atom. The predicted octanol–water partition coefficient (Wildman–Crippen LogP) is 3.70. The number of nitrogens with one attached hydrogen (secondary N) is 1. The second-order valence-corrected chi connectivity index (χ2v) is 6.82. The summed E-state index contributed by atoms with van der Waals surface area (Å²) in [5.41, 5.74) is -0.430. The van der Waals surface area contributed by atoms with E-state index in [4.69, 9.17) is 15.9 Å². The molecule has 0 aliphatic heterocycles. The molecule has 1 N–H and O–H groups in total. The third kappa shape index (κ3) is 6.80. The van der Waals surface area contributed by atoms with Crippen molar-refractivity contribution in [3.63, 3.8) is 0 Å². The predicted molar refractivity (Wildman–Crippen MR) is 99.4 cm³/mol. The Labute approximate surface area is 151 Å². The van der Waals surface area contributed by atoms with E-state index >= 15 is 0 Å². The number of hydrogen-bond donors (Lipinski definition) is 1. The van der Waals surface area contributed by atoms with E-state index in [2.05, 4.69) is 11.2 Å². The first kappa shape index (κ1) is 19.3. The number of rotatable bonds is 9. The van der Waals surface area contributed by atoms with Crippen LogP contribution in [-0.2, 0) is 9.53 Å². The Hall–Kier alpha value is -1.99. The normalized spacial score (nSPS) is 17.3. The van der Waals surface area contributed by atoms with Gasteiger partial charge < -0.3 is 14.8 Å². The van der Waals surface area contributed by atoms with E-state index in [0.29, 0.717) is 26.0 Å². The van der Waals surface area contributed by atoms with Gasteiger partial charge in [-0.2, -0.15) is 0 Å². The van der Waals surface area contributed by atoms with Crippen LogP contribution in [0.1, 0.15) is 51.9 Å². The number of carbonyl (C=O) groups excluding carboxylic acids is 1. The van der Waals surface area contributed by atoms with E-state index in [1.165, 1.54) is 6.42 Å². The molecule has 1 aromatic rings. The SMILES string of the molecule is C#CCC1(OC(=O)CC(C)NCCOc2ccccc2)CCCCC1. The van der Waals surface area contributed by atoms with Crippen molar-refractivity contribution < 1.29 is 14.3 Å². The van der Waals surface area contributed by atoms with Gasteiger partial charge in [0.05, 0.1) is 6.42 Å². The number of esters is 1. The lowest BCUT2D eigenvalue weighted by molar-refractivity contribution is -0.163. The summed E-state index contributed by atoms with van der Waals surface area (Å²) in [4.78, 5) is 12.3. The van der Waals surface area contributed by atoms with Crippen LogP contribution in [0.25, 0.3) is 0 Å². The summed E-state index contributed by atoms with van der Waals surface area (Å²) >= 11 is 0. The molecule has 0 heterocycles. The van der Waals surface area contributed by atoms with Crippen LogP contribution in [0.2, 0.25) is 0 Å². The highest BCUT2D eigenvalue weighted by molar-refractivity contribution is 5.70. The fourth-order valence-electron chi connectivity index (χ4n) is 3.29. The second kappa shape index (κ2) is 10.1. The van der Waals surface area contributed by atoms with Gasteiger partial charge in [-0.1, -0.05) is 24.6 Å². The maximum Gasteiger partial charge on any atom is 0.307 e. The molecule has 1 atom stereocenters. The number of carbonyl (C=O) groups is 1. The van der Waals surface area contributed by atoms with E-state index in [0.717, 1.165) is 31.4 Å². The fourth-order valence-corrected chi connectivity index (χ4v) is 3.29. The van der Waals surface area contributed by atoms with Gasteiger partial charge in [-0.25, -0.2) is 0 Å². The quantitative estimate of drug-likeness (QED) is 0.422. The Kier molecular flexibility index (Phi) is 7.81. The van der Waals surface area contributed by atoms with Gasteiger partial charge in [-0.3, -0.25) is 4.79 Å². The van der Waals surface area contributed by atoms with Gasteiger partial charge in [0, 0.05) is 19.0 Å². The highest BCUT2D eigenvalue weighted by Gasteiger charge is 2.35. The molecule has 4 heteroatoms. The zero-order valence-corrected chi connectivity index (χ0v) is 15.1. The molecule has 1 fully saturated rings. The van der Waals surface area contributed by atoms with Crippen LogP contribution in [0.5, 0.6) is 5.75 Å². The van der Waals surface area contributed by atoms with Crippen molar-refractivity contribution in [2.24, 2.45) is 0 Å². The van der Waals surface area contributed by atoms with Gasteiger partial charge >= 0.3 is 5.97 Å². The molecule has 0 spiro atoms. The first-order chi connectivity index (χ1) is 12.1. The largest absolute Gasteiger partial charge is 0.492 e. The highest BCUT2D eigenvalue weighted by Crippen LogP contribution is 2.34. The highest BCUT2D eigenvalue weighted by atomic mass is 16.6. The van der Waals surface area contributed by atoms with Crippen molar-refractivity contribution >= 4 is 5.97 Å². The monoisotopic (exact) mass is 343 g/mol. The summed E-state index contributed by atoms with van der Waals surface area (Å²) in [6.45, 7) is 3.22. The molecule has 4 nitrogen and oxygen atoms in total. The third-order valence-corrected chi connectivity index (χ3v) is 4.60. The van der Waals surface area contributed by atoms with Crippen LogP contribution in [-0.4, -0.2) is 30.8 Å². The zero-order chi connectivity index (χ0) is 18.0. The maximum absolute atomic E-state index is 12.3. The number of hydrogen-bond acceptors (Lipinski definition) is 4. The summed E-state index contributed by atoms with van der Waals surface area (Å²) in [6, 6.07) is 9.74. The summed E-state index contributed by atoms with van der Waals surface area (Å²) in [5, 5.41) is 3.30. The van der Waals surface area contributed by atoms with Gasteiger partial charge in [0.25, 0.3) is 0 Å². The molecule has 25 heavy (non-hydrogen) atoms. The molecule has 0 bridgehead atoms. The number of para-hydroxylation sites is 1. The maximum atomic E-state index is 12.3. The molecule has 0 radical (unpaired) electrons. The number of benzene rings is 1. The fraction of sp³-hybridized carbons (Fsp3) is 0.571. The number of ether oxygens (including phenoxy) is 2. The van der Waals surface area contributed by atoms with E-state index in [1.54, 1.807) is 0 Å². The Bertz CT molecular complexity index is 558. The van der Waals surface area contributed by atoms with Crippen LogP contribution in [0.15, 0.2) is 30.3 Å². The van der Waals surface area contributed by atoms with Crippen molar-refractivity contribution in [3.8, 4) is 18.1 Å². The molecule has 0 aromatic heterocycles. The molecule has 0 saturated heterocycles. The Morgan fingerprint density at radius 3 is 2.68 bits per heavy atom. The minimum absolute atomic E-state index is 0.0401. The minimum Gasteiger partial charge on any atom is -0.492 e. The summed E-state index contributed by atoms with van der Waals surface area (Å²) in [6.07, 6.45) is 11.5. The topological polar surface area (TPSA) is 47.6 Å². The van der Waals surface area contributed by atoms with Crippen LogP contribution in [0.4, 0.5) is 0 Å². The van der Waals surface area contributed by atoms with Crippen molar-refractivity contribution in [3.05, 3.63) is 30.3 Å². The first-order valence-electron chi connectivity index (χ1n) is 9.20. The second-order valence-electron chi connectivity index (χ2n) is 6.82. The van der Waals surface area contributed by atoms with Gasteiger partial charge in [-0.05, 0) is 44.7 Å². The van der Waals surface area contributed by atoms with Crippen LogP contribution in [0, 0.1) is 12.3 Å². The Morgan fingerprint density at radius 2 is 2.00 bits per heavy atom. The molecule has 1 saturated carbocycles. The molecule has 1 aliphatic rings. The molecule has 1 aliphatic carbocycles. The smallest absolute Gasteiger partial charge is 0.307 e. The van der Waals surface area contributed by atoms with Crippen molar-refractivity contribution in [2.45, 2.75) is 63.5 Å². The summed E-state index contributed by atoms with van der Waals surface area (Å²) in [7, 11) is 0. The lowest BCUT2D eigenvalue weighted by Gasteiger charge is -2.35. The van der Waals surface area contributed by atoms with E-state index in [9.17, 15) is 4.79 Å². The Balaban J connectivity index is 1.67. The van der Waals surface area contributed by atoms with Crippen molar-refractivity contribution in [2.75, 3.05) is 13.2 Å². The molecule has 1 aromatic carbocycles. The van der Waals surface area contributed by atoms with Gasteiger partial charge in [0.1, 0.15) is 18.0 Å². The molecule has 0 amide bonds.